The lowest BCUT2D eigenvalue weighted by Crippen LogP contribution is -2.37. The molecule has 0 aliphatic carbocycles. The van der Waals surface area contributed by atoms with E-state index in [4.69, 9.17) is 9.15 Å². The van der Waals surface area contributed by atoms with Gasteiger partial charge in [-0.3, -0.25) is 9.59 Å². The van der Waals surface area contributed by atoms with Gasteiger partial charge in [-0.15, -0.1) is 10.2 Å². The molecule has 0 spiro atoms. The number of alkyl halides is 2. The number of hydrogen-bond donors (Lipinski definition) is 0. The minimum atomic E-state index is -2.88. The summed E-state index contributed by atoms with van der Waals surface area (Å²) in [6.07, 6.45) is -0.726. The Morgan fingerprint density at radius 2 is 2.12 bits per heavy atom. The summed E-state index contributed by atoms with van der Waals surface area (Å²) in [5.41, 5.74) is -0.245. The number of pyridine rings is 1. The fraction of sp³-hybridized carbons (Fsp3) is 0.467. The molecule has 0 radical (unpaired) electrons. The van der Waals surface area contributed by atoms with Crippen molar-refractivity contribution < 1.29 is 22.7 Å². The molecule has 10 heteroatoms. The fourth-order valence-corrected chi connectivity index (χ4v) is 2.45. The van der Waals surface area contributed by atoms with Crippen LogP contribution in [0, 0.1) is 0 Å². The highest BCUT2D eigenvalue weighted by Gasteiger charge is 2.19. The first-order valence-corrected chi connectivity index (χ1v) is 7.72. The van der Waals surface area contributed by atoms with Crippen LogP contribution in [0.5, 0.6) is 0 Å². The van der Waals surface area contributed by atoms with Crippen molar-refractivity contribution >= 4 is 5.91 Å². The highest BCUT2D eigenvalue weighted by molar-refractivity contribution is 5.76. The van der Waals surface area contributed by atoms with E-state index in [0.29, 0.717) is 26.3 Å². The molecule has 25 heavy (non-hydrogen) atoms. The molecule has 8 nitrogen and oxygen atoms in total. The van der Waals surface area contributed by atoms with Crippen LogP contribution in [0.15, 0.2) is 27.5 Å². The van der Waals surface area contributed by atoms with Crippen molar-refractivity contribution in [2.24, 2.45) is 0 Å². The van der Waals surface area contributed by atoms with Gasteiger partial charge in [0.25, 0.3) is 11.4 Å². The molecule has 1 aliphatic heterocycles. The van der Waals surface area contributed by atoms with Crippen LogP contribution in [-0.4, -0.2) is 51.9 Å². The summed E-state index contributed by atoms with van der Waals surface area (Å²) in [6.45, 7) is 2.06. The highest BCUT2D eigenvalue weighted by atomic mass is 19.3. The third kappa shape index (κ3) is 4.08. The average molecular weight is 354 g/mol. The van der Waals surface area contributed by atoms with E-state index in [9.17, 15) is 18.4 Å². The monoisotopic (exact) mass is 354 g/mol. The number of hydrogen-bond acceptors (Lipinski definition) is 6. The molecule has 0 N–H and O–H groups in total. The molecule has 0 bridgehead atoms. The molecule has 0 saturated carbocycles. The first-order chi connectivity index (χ1) is 12.0. The number of carbonyl (C=O) groups is 1. The van der Waals surface area contributed by atoms with Crippen molar-refractivity contribution in [3.63, 3.8) is 0 Å². The second kappa shape index (κ2) is 7.51. The number of aromatic nitrogens is 3. The Morgan fingerprint density at radius 1 is 1.28 bits per heavy atom. The maximum Gasteiger partial charge on any atom is 0.314 e. The van der Waals surface area contributed by atoms with Crippen molar-refractivity contribution in [3.05, 3.63) is 34.6 Å². The highest BCUT2D eigenvalue weighted by Crippen LogP contribution is 2.22. The number of halogens is 2. The van der Waals surface area contributed by atoms with Gasteiger partial charge in [-0.25, -0.2) is 0 Å². The predicted molar refractivity (Wildman–Crippen MR) is 81.0 cm³/mol. The molecule has 0 atom stereocenters. The maximum atomic E-state index is 12.5. The van der Waals surface area contributed by atoms with Crippen LogP contribution in [0.1, 0.15) is 18.7 Å². The van der Waals surface area contributed by atoms with E-state index in [2.05, 4.69) is 10.2 Å². The van der Waals surface area contributed by atoms with Gasteiger partial charge in [-0.1, -0.05) is 0 Å². The van der Waals surface area contributed by atoms with E-state index in [0.717, 1.165) is 6.42 Å². The molecule has 2 aromatic heterocycles. The fourth-order valence-electron chi connectivity index (χ4n) is 2.45. The van der Waals surface area contributed by atoms with Gasteiger partial charge in [0, 0.05) is 37.5 Å². The average Bonchev–Trinajstić information content (AvgIpc) is 2.92. The van der Waals surface area contributed by atoms with Crippen molar-refractivity contribution in [2.75, 3.05) is 26.3 Å². The zero-order valence-electron chi connectivity index (χ0n) is 13.2. The van der Waals surface area contributed by atoms with Gasteiger partial charge < -0.3 is 18.6 Å². The van der Waals surface area contributed by atoms with Crippen molar-refractivity contribution in [1.29, 1.82) is 0 Å². The molecule has 0 aromatic carbocycles. The van der Waals surface area contributed by atoms with E-state index >= 15 is 0 Å². The Hall–Kier alpha value is -2.62. The van der Waals surface area contributed by atoms with E-state index in [1.54, 1.807) is 4.90 Å². The van der Waals surface area contributed by atoms with E-state index in [1.165, 1.54) is 22.9 Å². The Kier molecular flexibility index (Phi) is 5.17. The first kappa shape index (κ1) is 17.2. The quantitative estimate of drug-likeness (QED) is 0.816. The largest absolute Gasteiger partial charge is 0.415 e. The number of rotatable bonds is 4. The van der Waals surface area contributed by atoms with Crippen LogP contribution < -0.4 is 5.56 Å². The Morgan fingerprint density at radius 3 is 2.84 bits per heavy atom. The zero-order valence-corrected chi connectivity index (χ0v) is 13.2. The molecule has 1 aliphatic rings. The number of nitrogens with zero attached hydrogens (tertiary/aromatic N) is 4. The van der Waals surface area contributed by atoms with Gasteiger partial charge in [-0.05, 0) is 12.5 Å². The van der Waals surface area contributed by atoms with Crippen LogP contribution in [0.2, 0.25) is 0 Å². The zero-order chi connectivity index (χ0) is 17.8. The van der Waals surface area contributed by atoms with Crippen LogP contribution in [0.3, 0.4) is 0 Å². The summed E-state index contributed by atoms with van der Waals surface area (Å²) >= 11 is 0. The van der Waals surface area contributed by atoms with Gasteiger partial charge in [-0.2, -0.15) is 8.78 Å². The molecular formula is C15H16F2N4O4. The van der Waals surface area contributed by atoms with Gasteiger partial charge in [0.1, 0.15) is 6.54 Å². The van der Waals surface area contributed by atoms with Gasteiger partial charge in [0.15, 0.2) is 0 Å². The second-order valence-corrected chi connectivity index (χ2v) is 5.47. The lowest BCUT2D eigenvalue weighted by atomic mass is 10.2. The van der Waals surface area contributed by atoms with Crippen molar-refractivity contribution in [2.45, 2.75) is 19.4 Å². The minimum Gasteiger partial charge on any atom is -0.415 e. The molecule has 2 aromatic rings. The number of ether oxygens (including phenoxy) is 1. The molecule has 0 unspecified atom stereocenters. The summed E-state index contributed by atoms with van der Waals surface area (Å²) in [5, 5.41) is 6.70. The van der Waals surface area contributed by atoms with Gasteiger partial charge in [0.05, 0.1) is 6.61 Å². The van der Waals surface area contributed by atoms with Crippen LogP contribution in [-0.2, 0) is 16.1 Å². The van der Waals surface area contributed by atoms with Gasteiger partial charge >= 0.3 is 6.43 Å². The summed E-state index contributed by atoms with van der Waals surface area (Å²) < 4.78 is 36.3. The molecular weight excluding hydrogens is 338 g/mol. The smallest absolute Gasteiger partial charge is 0.314 e. The third-order valence-corrected chi connectivity index (χ3v) is 3.75. The SMILES string of the molecule is O=C(Cn1ccc(-c2nnc(C(F)F)o2)cc1=O)N1CCCOCC1. The normalized spacial score (nSPS) is 15.4. The number of amides is 1. The second-order valence-electron chi connectivity index (χ2n) is 5.47. The lowest BCUT2D eigenvalue weighted by molar-refractivity contribution is -0.131. The molecule has 3 heterocycles. The van der Waals surface area contributed by atoms with Crippen LogP contribution in [0.25, 0.3) is 11.5 Å². The van der Waals surface area contributed by atoms with E-state index < -0.39 is 17.9 Å². The summed E-state index contributed by atoms with van der Waals surface area (Å²) in [5.74, 6) is -1.16. The Balaban J connectivity index is 1.73. The summed E-state index contributed by atoms with van der Waals surface area (Å²) in [7, 11) is 0. The third-order valence-electron chi connectivity index (χ3n) is 3.75. The Labute approximate surface area is 141 Å². The molecule has 1 saturated heterocycles. The molecule has 1 fully saturated rings. The van der Waals surface area contributed by atoms with Gasteiger partial charge in [0.2, 0.25) is 11.8 Å². The first-order valence-electron chi connectivity index (χ1n) is 7.72. The molecule has 3 rings (SSSR count). The topological polar surface area (TPSA) is 90.5 Å². The van der Waals surface area contributed by atoms with Crippen molar-refractivity contribution in [3.8, 4) is 11.5 Å². The Bertz CT molecular complexity index is 797. The summed E-state index contributed by atoms with van der Waals surface area (Å²) in [6, 6.07) is 2.63. The van der Waals surface area contributed by atoms with E-state index in [1.807, 2.05) is 0 Å². The van der Waals surface area contributed by atoms with Crippen LogP contribution in [0.4, 0.5) is 8.78 Å². The molecule has 1 amide bonds. The van der Waals surface area contributed by atoms with Crippen molar-refractivity contribution in [1.82, 2.24) is 19.7 Å². The number of carbonyl (C=O) groups excluding carboxylic acids is 1. The predicted octanol–water partition coefficient (Wildman–Crippen LogP) is 1.08. The molecule has 134 valence electrons. The minimum absolute atomic E-state index is 0.106. The standard InChI is InChI=1S/C15H16F2N4O4/c16-13(17)15-19-18-14(25-15)10-2-4-21(11(22)8-10)9-12(23)20-3-1-6-24-7-5-20/h2,4,8,13H,1,3,5-7,9H2. The summed E-state index contributed by atoms with van der Waals surface area (Å²) in [4.78, 5) is 26.1. The maximum absolute atomic E-state index is 12.5. The van der Waals surface area contributed by atoms with Crippen LogP contribution >= 0.6 is 0 Å². The lowest BCUT2D eigenvalue weighted by Gasteiger charge is -2.20. The van der Waals surface area contributed by atoms with E-state index in [-0.39, 0.29) is 23.9 Å².